The summed E-state index contributed by atoms with van der Waals surface area (Å²) in [7, 11) is 1.64. The maximum Gasteiger partial charge on any atom is 0.205 e. The summed E-state index contributed by atoms with van der Waals surface area (Å²) in [5.41, 5.74) is 2.30. The predicted molar refractivity (Wildman–Crippen MR) is 107 cm³/mol. The smallest absolute Gasteiger partial charge is 0.205 e. The normalized spacial score (nSPS) is 14.2. The van der Waals surface area contributed by atoms with Crippen LogP contribution in [0.3, 0.4) is 0 Å². The van der Waals surface area contributed by atoms with E-state index >= 15 is 0 Å². The van der Waals surface area contributed by atoms with E-state index in [1.807, 2.05) is 54.6 Å². The Balaban J connectivity index is 1.77. The Bertz CT molecular complexity index is 916. The molecule has 6 heteroatoms. The van der Waals surface area contributed by atoms with E-state index in [1.54, 1.807) is 7.11 Å². The minimum Gasteiger partial charge on any atom is -0.497 e. The molecular formula is C21H20N2O3S. The van der Waals surface area contributed by atoms with Gasteiger partial charge in [0.05, 0.1) is 26.0 Å². The van der Waals surface area contributed by atoms with Crippen LogP contribution >= 0.6 is 11.3 Å². The number of morpholine rings is 1. The standard InChI is InChI=1S/C21H20N2O3S/c1-25-17-9-7-15(8-10-17)18-20(19(24)16-5-3-2-4-6-16)27-21(22-18)23-11-13-26-14-12-23/h2-10H,11-14H2,1H3. The summed E-state index contributed by atoms with van der Waals surface area (Å²) in [6.07, 6.45) is 0. The lowest BCUT2D eigenvalue weighted by Gasteiger charge is -2.26. The molecule has 3 aromatic rings. The molecule has 27 heavy (non-hydrogen) atoms. The molecule has 0 N–H and O–H groups in total. The highest BCUT2D eigenvalue weighted by Crippen LogP contribution is 2.35. The summed E-state index contributed by atoms with van der Waals surface area (Å²) < 4.78 is 10.7. The van der Waals surface area contributed by atoms with Crippen molar-refractivity contribution in [1.29, 1.82) is 0 Å². The van der Waals surface area contributed by atoms with Crippen LogP contribution in [0.15, 0.2) is 54.6 Å². The van der Waals surface area contributed by atoms with Gasteiger partial charge in [-0.1, -0.05) is 41.7 Å². The third kappa shape index (κ3) is 3.72. The molecule has 1 aromatic heterocycles. The number of ketones is 1. The van der Waals surface area contributed by atoms with Crippen molar-refractivity contribution in [3.05, 3.63) is 65.0 Å². The molecule has 1 aliphatic heterocycles. The van der Waals surface area contributed by atoms with Crippen LogP contribution in [-0.4, -0.2) is 44.2 Å². The molecule has 2 heterocycles. The number of thiazole rings is 1. The summed E-state index contributed by atoms with van der Waals surface area (Å²) in [5.74, 6) is 0.775. The zero-order chi connectivity index (χ0) is 18.6. The number of methoxy groups -OCH3 is 1. The van der Waals surface area contributed by atoms with E-state index in [9.17, 15) is 4.79 Å². The van der Waals surface area contributed by atoms with Gasteiger partial charge in [0.2, 0.25) is 5.78 Å². The highest BCUT2D eigenvalue weighted by atomic mass is 32.1. The van der Waals surface area contributed by atoms with Gasteiger partial charge in [0, 0.05) is 24.2 Å². The van der Waals surface area contributed by atoms with Crippen LogP contribution in [0, 0.1) is 0 Å². The largest absolute Gasteiger partial charge is 0.497 e. The lowest BCUT2D eigenvalue weighted by molar-refractivity contribution is 0.104. The molecule has 0 aliphatic carbocycles. The van der Waals surface area contributed by atoms with E-state index < -0.39 is 0 Å². The first-order valence-corrected chi connectivity index (χ1v) is 9.65. The Hall–Kier alpha value is -2.70. The molecule has 0 bridgehead atoms. The van der Waals surface area contributed by atoms with Crippen LogP contribution in [0.5, 0.6) is 5.75 Å². The summed E-state index contributed by atoms with van der Waals surface area (Å²) in [5, 5.41) is 0.864. The molecule has 0 amide bonds. The Morgan fingerprint density at radius 2 is 1.78 bits per heavy atom. The second kappa shape index (κ2) is 7.90. The number of hydrogen-bond donors (Lipinski definition) is 0. The van der Waals surface area contributed by atoms with Gasteiger partial charge in [-0.25, -0.2) is 4.98 Å². The zero-order valence-corrected chi connectivity index (χ0v) is 15.9. The van der Waals surface area contributed by atoms with Gasteiger partial charge in [-0.2, -0.15) is 0 Å². The van der Waals surface area contributed by atoms with E-state index in [2.05, 4.69) is 4.90 Å². The van der Waals surface area contributed by atoms with Crippen molar-refractivity contribution < 1.29 is 14.3 Å². The fraction of sp³-hybridized carbons (Fsp3) is 0.238. The minimum atomic E-state index is -0.00146. The van der Waals surface area contributed by atoms with Gasteiger partial charge in [0.25, 0.3) is 0 Å². The van der Waals surface area contributed by atoms with Crippen molar-refractivity contribution in [3.63, 3.8) is 0 Å². The third-order valence-electron chi connectivity index (χ3n) is 4.50. The van der Waals surface area contributed by atoms with Gasteiger partial charge < -0.3 is 14.4 Å². The van der Waals surface area contributed by atoms with Gasteiger partial charge in [0.15, 0.2) is 5.13 Å². The Labute approximate surface area is 162 Å². The van der Waals surface area contributed by atoms with Crippen molar-refractivity contribution in [2.45, 2.75) is 0 Å². The van der Waals surface area contributed by atoms with Crippen LogP contribution in [-0.2, 0) is 4.74 Å². The number of nitrogens with zero attached hydrogens (tertiary/aromatic N) is 2. The summed E-state index contributed by atoms with van der Waals surface area (Å²) in [4.78, 5) is 20.8. The van der Waals surface area contributed by atoms with E-state index in [1.165, 1.54) is 11.3 Å². The fourth-order valence-electron chi connectivity index (χ4n) is 3.02. The van der Waals surface area contributed by atoms with E-state index in [0.717, 1.165) is 35.2 Å². The van der Waals surface area contributed by atoms with E-state index in [4.69, 9.17) is 14.5 Å². The Morgan fingerprint density at radius 3 is 2.44 bits per heavy atom. The molecule has 5 nitrogen and oxygen atoms in total. The number of carbonyl (C=O) groups is 1. The quantitative estimate of drug-likeness (QED) is 0.629. The minimum absolute atomic E-state index is 0.00146. The molecule has 1 fully saturated rings. The van der Waals surface area contributed by atoms with Crippen LogP contribution in [0.1, 0.15) is 15.2 Å². The maximum atomic E-state index is 13.2. The number of rotatable bonds is 5. The Morgan fingerprint density at radius 1 is 1.07 bits per heavy atom. The molecule has 4 rings (SSSR count). The van der Waals surface area contributed by atoms with Gasteiger partial charge in [-0.05, 0) is 24.3 Å². The first kappa shape index (κ1) is 17.7. The second-order valence-corrected chi connectivity index (χ2v) is 7.17. The van der Waals surface area contributed by atoms with Crippen LogP contribution in [0.4, 0.5) is 5.13 Å². The first-order chi connectivity index (χ1) is 13.3. The van der Waals surface area contributed by atoms with Crippen molar-refractivity contribution >= 4 is 22.3 Å². The topological polar surface area (TPSA) is 51.7 Å². The first-order valence-electron chi connectivity index (χ1n) is 8.84. The summed E-state index contributed by atoms with van der Waals surface area (Å²) in [6, 6.07) is 17.0. The molecule has 0 saturated carbocycles. The van der Waals surface area contributed by atoms with Crippen LogP contribution in [0.2, 0.25) is 0 Å². The number of anilines is 1. The van der Waals surface area contributed by atoms with E-state index in [0.29, 0.717) is 23.7 Å². The number of ether oxygens (including phenoxy) is 2. The Kier molecular flexibility index (Phi) is 5.18. The molecule has 0 radical (unpaired) electrons. The van der Waals surface area contributed by atoms with Gasteiger partial charge in [-0.3, -0.25) is 4.79 Å². The van der Waals surface area contributed by atoms with Crippen molar-refractivity contribution in [2.75, 3.05) is 38.3 Å². The van der Waals surface area contributed by atoms with E-state index in [-0.39, 0.29) is 5.78 Å². The number of aromatic nitrogens is 1. The molecular weight excluding hydrogens is 360 g/mol. The van der Waals surface area contributed by atoms with Crippen molar-refractivity contribution in [1.82, 2.24) is 4.98 Å². The second-order valence-electron chi connectivity index (χ2n) is 6.20. The van der Waals surface area contributed by atoms with Crippen LogP contribution < -0.4 is 9.64 Å². The molecule has 0 spiro atoms. The zero-order valence-electron chi connectivity index (χ0n) is 15.1. The average molecular weight is 380 g/mol. The predicted octanol–water partition coefficient (Wildman–Crippen LogP) is 3.89. The lowest BCUT2D eigenvalue weighted by atomic mass is 10.1. The number of carbonyl (C=O) groups excluding carboxylic acids is 1. The molecule has 2 aromatic carbocycles. The molecule has 1 aliphatic rings. The average Bonchev–Trinajstić information content (AvgIpc) is 3.20. The highest BCUT2D eigenvalue weighted by molar-refractivity contribution is 7.18. The van der Waals surface area contributed by atoms with Crippen LogP contribution in [0.25, 0.3) is 11.3 Å². The molecule has 138 valence electrons. The lowest BCUT2D eigenvalue weighted by Crippen LogP contribution is -2.36. The van der Waals surface area contributed by atoms with Gasteiger partial charge in [0.1, 0.15) is 10.6 Å². The fourth-order valence-corrected chi connectivity index (χ4v) is 4.12. The third-order valence-corrected chi connectivity index (χ3v) is 5.62. The maximum absolute atomic E-state index is 13.2. The summed E-state index contributed by atoms with van der Waals surface area (Å²) >= 11 is 1.45. The number of hydrogen-bond acceptors (Lipinski definition) is 6. The summed E-state index contributed by atoms with van der Waals surface area (Å²) in [6.45, 7) is 2.93. The SMILES string of the molecule is COc1ccc(-c2nc(N3CCOCC3)sc2C(=O)c2ccccc2)cc1. The highest BCUT2D eigenvalue weighted by Gasteiger charge is 2.24. The van der Waals surface area contributed by atoms with Gasteiger partial charge >= 0.3 is 0 Å². The molecule has 0 atom stereocenters. The molecule has 0 unspecified atom stereocenters. The monoisotopic (exact) mass is 380 g/mol. The number of benzene rings is 2. The molecule has 1 saturated heterocycles. The van der Waals surface area contributed by atoms with Gasteiger partial charge in [-0.15, -0.1) is 0 Å². The van der Waals surface area contributed by atoms with Crippen molar-refractivity contribution in [3.8, 4) is 17.0 Å². The van der Waals surface area contributed by atoms with Crippen molar-refractivity contribution in [2.24, 2.45) is 0 Å².